The Morgan fingerprint density at radius 2 is 1.74 bits per heavy atom. The molecule has 314 valence electrons. The van der Waals surface area contributed by atoms with Crippen molar-refractivity contribution in [1.29, 1.82) is 0 Å². The van der Waals surface area contributed by atoms with Gasteiger partial charge in [-0.2, -0.15) is 0 Å². The molecule has 8 rings (SSSR count). The molecule has 1 saturated heterocycles. The van der Waals surface area contributed by atoms with Gasteiger partial charge in [0.05, 0.1) is 47.9 Å². The number of carbonyl (C=O) groups excluding carboxylic acids is 4. The number of ketones is 1. The molecule has 4 aliphatic carbocycles. The molecule has 0 bridgehead atoms. The third-order valence-corrected chi connectivity index (χ3v) is 16.3. The first-order valence-corrected chi connectivity index (χ1v) is 23.1. The highest BCUT2D eigenvalue weighted by Crippen LogP contribution is 2.58. The molecule has 2 aromatic rings. The first-order chi connectivity index (χ1) is 27.7. The maximum Gasteiger partial charge on any atom is 0.306 e. The van der Waals surface area contributed by atoms with Crippen molar-refractivity contribution in [2.75, 3.05) is 13.2 Å². The van der Waals surface area contributed by atoms with Crippen molar-refractivity contribution in [3.05, 3.63) is 42.6 Å². The number of aromatic nitrogens is 1. The van der Waals surface area contributed by atoms with Crippen molar-refractivity contribution < 1.29 is 41.8 Å². The van der Waals surface area contributed by atoms with Gasteiger partial charge >= 0.3 is 5.97 Å². The second-order valence-corrected chi connectivity index (χ2v) is 21.0. The molecule has 12 nitrogen and oxygen atoms in total. The molecule has 1 aromatic heterocycles. The van der Waals surface area contributed by atoms with Crippen LogP contribution in [0.1, 0.15) is 111 Å². The van der Waals surface area contributed by atoms with E-state index in [-0.39, 0.29) is 67.3 Å². The average molecular weight is 818 g/mol. The monoisotopic (exact) mass is 817 g/mol. The van der Waals surface area contributed by atoms with Crippen LogP contribution in [-0.4, -0.2) is 78.0 Å². The summed E-state index contributed by atoms with van der Waals surface area (Å²) >= 11 is 0. The molecule has 4 saturated carbocycles. The largest absolute Gasteiger partial charge is 0.491 e. The maximum atomic E-state index is 15.0. The van der Waals surface area contributed by atoms with E-state index in [4.69, 9.17) is 14.2 Å². The van der Waals surface area contributed by atoms with E-state index in [9.17, 15) is 22.8 Å². The normalized spacial score (nSPS) is 34.8. The Bertz CT molecular complexity index is 2070. The van der Waals surface area contributed by atoms with Gasteiger partial charge in [-0.25, -0.2) is 13.4 Å². The second kappa shape index (κ2) is 15.9. The highest BCUT2D eigenvalue weighted by atomic mass is 32.2. The molecule has 6 aliphatic rings. The molecule has 13 heteroatoms. The van der Waals surface area contributed by atoms with E-state index in [0.717, 1.165) is 42.9 Å². The van der Waals surface area contributed by atoms with Gasteiger partial charge in [0.25, 0.3) is 0 Å². The Hall–Kier alpha value is -4.00. The lowest BCUT2D eigenvalue weighted by atomic mass is 9.82. The van der Waals surface area contributed by atoms with Crippen LogP contribution in [0.4, 0.5) is 0 Å². The molecule has 58 heavy (non-hydrogen) atoms. The summed E-state index contributed by atoms with van der Waals surface area (Å²) < 4.78 is 46.5. The molecule has 3 heterocycles. The Balaban J connectivity index is 1.10. The van der Waals surface area contributed by atoms with Crippen LogP contribution in [0.5, 0.6) is 11.6 Å². The number of benzene rings is 1. The van der Waals surface area contributed by atoms with Gasteiger partial charge in [-0.1, -0.05) is 51.1 Å². The van der Waals surface area contributed by atoms with Crippen LogP contribution in [0.15, 0.2) is 42.6 Å². The molecule has 1 N–H and O–H groups in total. The highest BCUT2D eigenvalue weighted by Gasteiger charge is 2.63. The van der Waals surface area contributed by atoms with Gasteiger partial charge in [-0.3, -0.25) is 23.9 Å². The summed E-state index contributed by atoms with van der Waals surface area (Å²) in [5, 5.41) is 1.57. The molecule has 2 aliphatic heterocycles. The number of esters is 1. The molecule has 1 unspecified atom stereocenters. The van der Waals surface area contributed by atoms with Crippen LogP contribution < -0.4 is 14.2 Å². The molecule has 10 atom stereocenters. The fraction of sp³-hybridized carbons (Fsp3) is 0.667. The van der Waals surface area contributed by atoms with Gasteiger partial charge in [-0.15, -0.1) is 0 Å². The number of fused-ring (bicyclic) bond motifs is 4. The first kappa shape index (κ1) is 40.8. The van der Waals surface area contributed by atoms with Crippen LogP contribution in [-0.2, 0) is 33.9 Å². The maximum absolute atomic E-state index is 15.0. The Morgan fingerprint density at radius 3 is 2.47 bits per heavy atom. The summed E-state index contributed by atoms with van der Waals surface area (Å²) in [6, 6.07) is 6.69. The van der Waals surface area contributed by atoms with Gasteiger partial charge in [0, 0.05) is 23.6 Å². The van der Waals surface area contributed by atoms with Gasteiger partial charge < -0.3 is 19.1 Å². The molecular formula is C45H59N3O9S. The van der Waals surface area contributed by atoms with Crippen LogP contribution >= 0.6 is 0 Å². The zero-order valence-corrected chi connectivity index (χ0v) is 35.1. The molecule has 0 spiro atoms. The second-order valence-electron chi connectivity index (χ2n) is 18.8. The topological polar surface area (TPSA) is 158 Å². The fourth-order valence-electron chi connectivity index (χ4n) is 9.97. The van der Waals surface area contributed by atoms with Crippen molar-refractivity contribution in [3.8, 4) is 11.6 Å². The number of carbonyl (C=O) groups is 4. The lowest BCUT2D eigenvalue weighted by molar-refractivity contribution is -0.155. The zero-order chi connectivity index (χ0) is 41.0. The first-order valence-electron chi connectivity index (χ1n) is 21.6. The van der Waals surface area contributed by atoms with E-state index >= 15 is 4.79 Å². The number of nitrogens with one attached hydrogen (secondary N) is 1. The summed E-state index contributed by atoms with van der Waals surface area (Å²) in [5.74, 6) is -0.421. The zero-order valence-electron chi connectivity index (χ0n) is 34.3. The van der Waals surface area contributed by atoms with Crippen LogP contribution in [0.2, 0.25) is 0 Å². The van der Waals surface area contributed by atoms with E-state index in [1.165, 1.54) is 6.42 Å². The summed E-state index contributed by atoms with van der Waals surface area (Å²) in [7, 11) is -3.95. The van der Waals surface area contributed by atoms with E-state index in [0.29, 0.717) is 55.8 Å². The van der Waals surface area contributed by atoms with Crippen molar-refractivity contribution in [3.63, 3.8) is 0 Å². The molecule has 5 fully saturated rings. The van der Waals surface area contributed by atoms with Crippen LogP contribution in [0, 0.1) is 40.9 Å². The van der Waals surface area contributed by atoms with Gasteiger partial charge in [0.2, 0.25) is 27.7 Å². The van der Waals surface area contributed by atoms with Crippen molar-refractivity contribution >= 4 is 44.4 Å². The lowest BCUT2D eigenvalue weighted by Gasteiger charge is -2.32. The van der Waals surface area contributed by atoms with Crippen LogP contribution in [0.25, 0.3) is 10.8 Å². The number of rotatable bonds is 11. The number of pyridine rings is 1. The quantitative estimate of drug-likeness (QED) is 0.191. The smallest absolute Gasteiger partial charge is 0.306 e. The van der Waals surface area contributed by atoms with E-state index < -0.39 is 44.2 Å². The van der Waals surface area contributed by atoms with Gasteiger partial charge in [0.1, 0.15) is 18.0 Å². The summed E-state index contributed by atoms with van der Waals surface area (Å²) in [5.41, 5.74) is -1.25. The average Bonchev–Trinajstić information content (AvgIpc) is 4.14. The third kappa shape index (κ3) is 8.26. The summed E-state index contributed by atoms with van der Waals surface area (Å²) in [6.07, 6.45) is 12.1. The number of Topliss-reactive ketones (excluding diaryl/α,β-unsaturated/α-hetero) is 1. The molecule has 1 aromatic carbocycles. The van der Waals surface area contributed by atoms with E-state index in [1.807, 2.05) is 50.3 Å². The summed E-state index contributed by atoms with van der Waals surface area (Å²) in [6.45, 7) is 8.43. The standard InChI is InChI=1S/C45H59N3O9S/c1-5-16-55-39-25-46-41(35-13-9-8-12-34(35)39)57-33-21-37-38(49)24-45(43(52)47-58(53,54)44(4)14-15-44)23-31(45)11-7-6-10-27(2)17-28(3)36(42(51)48(37)26-33)22-40(50)56-32-19-29-18-30(29)20-32/h7-9,11-13,25,27-33,36-37H,5-6,10,14-24,26H2,1-4H3,(H,47,52)/b11-7-/t27-,28+,29-,30+,31+,32?,33+,36-,37-,45+/m0/s1. The number of amides is 2. The number of hydrogen-bond donors (Lipinski definition) is 1. The minimum atomic E-state index is -3.95. The number of nitrogens with zero attached hydrogens (tertiary/aromatic N) is 2. The minimum absolute atomic E-state index is 0.0778. The molecule has 0 radical (unpaired) electrons. The fourth-order valence-corrected chi connectivity index (χ4v) is 11.3. The Labute approximate surface area is 342 Å². The third-order valence-electron chi connectivity index (χ3n) is 14.1. The number of allylic oxidation sites excluding steroid dienone is 2. The SMILES string of the molecule is CCCOc1cnc(O[C@@H]2C[C@H]3C(=O)C[C@]4(C(=O)NS(=O)(=O)C5(C)CC5)C[C@H]4/C=C\CC[C@H](C)C[C@@H](C)[C@H](CC(=O)OC4C[C@@H]5C[C@@H]5C4)C(=O)N3C2)c2ccccc12. The Morgan fingerprint density at radius 1 is 1.00 bits per heavy atom. The summed E-state index contributed by atoms with van der Waals surface area (Å²) in [4.78, 5) is 63.7. The number of sulfonamides is 1. The number of ether oxygens (including phenoxy) is 3. The molecular weight excluding hydrogens is 759 g/mol. The predicted molar refractivity (Wildman–Crippen MR) is 217 cm³/mol. The van der Waals surface area contributed by atoms with Crippen molar-refractivity contribution in [2.24, 2.45) is 40.9 Å². The van der Waals surface area contributed by atoms with Gasteiger partial charge in [-0.05, 0) is 107 Å². The van der Waals surface area contributed by atoms with Crippen molar-refractivity contribution in [1.82, 2.24) is 14.6 Å². The number of hydrogen-bond acceptors (Lipinski definition) is 10. The van der Waals surface area contributed by atoms with E-state index in [1.54, 1.807) is 18.0 Å². The van der Waals surface area contributed by atoms with Crippen LogP contribution in [0.3, 0.4) is 0 Å². The molecule has 2 amide bonds. The lowest BCUT2D eigenvalue weighted by Crippen LogP contribution is -2.48. The minimum Gasteiger partial charge on any atom is -0.491 e. The van der Waals surface area contributed by atoms with Crippen molar-refractivity contribution in [2.45, 2.75) is 134 Å². The highest BCUT2D eigenvalue weighted by molar-refractivity contribution is 7.91. The van der Waals surface area contributed by atoms with E-state index in [2.05, 4.69) is 16.6 Å². The Kier molecular flexibility index (Phi) is 11.2. The predicted octanol–water partition coefficient (Wildman–Crippen LogP) is 6.70. The van der Waals surface area contributed by atoms with Gasteiger partial charge in [0.15, 0.2) is 5.78 Å².